The smallest absolute Gasteiger partial charge is 0.221 e. The second-order valence-electron chi connectivity index (χ2n) is 5.24. The summed E-state index contributed by atoms with van der Waals surface area (Å²) < 4.78 is 5.71. The van der Waals surface area contributed by atoms with Crippen molar-refractivity contribution in [2.75, 3.05) is 26.2 Å². The van der Waals surface area contributed by atoms with Crippen LogP contribution < -0.4 is 16.2 Å². The quantitative estimate of drug-likeness (QED) is 0.803. The summed E-state index contributed by atoms with van der Waals surface area (Å²) in [5.74, 6) is 0.659. The van der Waals surface area contributed by atoms with E-state index < -0.39 is 0 Å². The van der Waals surface area contributed by atoms with E-state index in [1.807, 2.05) is 24.3 Å². The van der Waals surface area contributed by atoms with Gasteiger partial charge in [0.2, 0.25) is 5.91 Å². The van der Waals surface area contributed by atoms with Crippen molar-refractivity contribution in [3.63, 3.8) is 0 Å². The zero-order chi connectivity index (χ0) is 14.4. The topological polar surface area (TPSA) is 81.6 Å². The van der Waals surface area contributed by atoms with Crippen molar-refractivity contribution in [2.45, 2.75) is 19.4 Å². The van der Waals surface area contributed by atoms with Crippen LogP contribution in [-0.4, -0.2) is 37.0 Å². The summed E-state index contributed by atoms with van der Waals surface area (Å²) in [5.41, 5.74) is 12.0. The molecular weight excluding hydrogens is 254 g/mol. The average molecular weight is 277 g/mol. The zero-order valence-electron chi connectivity index (χ0n) is 11.8. The first-order valence-electron chi connectivity index (χ1n) is 7.12. The number of piperidine rings is 1. The van der Waals surface area contributed by atoms with E-state index in [1.165, 1.54) is 0 Å². The van der Waals surface area contributed by atoms with Gasteiger partial charge in [-0.15, -0.1) is 0 Å². The van der Waals surface area contributed by atoms with Gasteiger partial charge in [-0.25, -0.2) is 0 Å². The predicted octanol–water partition coefficient (Wildman–Crippen LogP) is 0.721. The number of carbonyl (C=O) groups is 1. The first-order chi connectivity index (χ1) is 9.69. The zero-order valence-corrected chi connectivity index (χ0v) is 11.8. The average Bonchev–Trinajstić information content (AvgIpc) is 2.48. The SMILES string of the molecule is NCc1ccc(OCCN2CCCC(C(N)=O)C2)cc1. The largest absolute Gasteiger partial charge is 0.492 e. The molecule has 0 saturated carbocycles. The Morgan fingerprint density at radius 2 is 2.10 bits per heavy atom. The number of carbonyl (C=O) groups excluding carboxylic acids is 1. The fourth-order valence-electron chi connectivity index (χ4n) is 2.51. The number of nitrogens with zero attached hydrogens (tertiary/aromatic N) is 1. The second kappa shape index (κ2) is 7.26. The summed E-state index contributed by atoms with van der Waals surface area (Å²) in [5, 5.41) is 0. The highest BCUT2D eigenvalue weighted by atomic mass is 16.5. The second-order valence-corrected chi connectivity index (χ2v) is 5.24. The molecular formula is C15H23N3O2. The molecule has 1 aliphatic rings. The Morgan fingerprint density at radius 1 is 1.35 bits per heavy atom. The number of hydrogen-bond donors (Lipinski definition) is 2. The van der Waals surface area contributed by atoms with Gasteiger partial charge in [0.15, 0.2) is 0 Å². The molecule has 110 valence electrons. The van der Waals surface area contributed by atoms with Gasteiger partial charge < -0.3 is 16.2 Å². The number of rotatable bonds is 6. The maximum absolute atomic E-state index is 11.2. The highest BCUT2D eigenvalue weighted by Gasteiger charge is 2.23. The Morgan fingerprint density at radius 3 is 2.75 bits per heavy atom. The van der Waals surface area contributed by atoms with Crippen LogP contribution in [0.25, 0.3) is 0 Å². The molecule has 1 amide bonds. The van der Waals surface area contributed by atoms with E-state index >= 15 is 0 Å². The molecule has 1 aromatic carbocycles. The Hall–Kier alpha value is -1.59. The van der Waals surface area contributed by atoms with Crippen LogP contribution in [-0.2, 0) is 11.3 Å². The van der Waals surface area contributed by atoms with Gasteiger partial charge in [0.1, 0.15) is 12.4 Å². The summed E-state index contributed by atoms with van der Waals surface area (Å²) in [6, 6.07) is 7.81. The van der Waals surface area contributed by atoms with Crippen LogP contribution in [0.2, 0.25) is 0 Å². The van der Waals surface area contributed by atoms with E-state index in [0.717, 1.165) is 43.8 Å². The van der Waals surface area contributed by atoms with Crippen LogP contribution in [0.3, 0.4) is 0 Å². The molecule has 1 fully saturated rings. The van der Waals surface area contributed by atoms with Crippen molar-refractivity contribution in [1.82, 2.24) is 4.90 Å². The van der Waals surface area contributed by atoms with Crippen molar-refractivity contribution >= 4 is 5.91 Å². The van der Waals surface area contributed by atoms with E-state index in [4.69, 9.17) is 16.2 Å². The molecule has 0 spiro atoms. The van der Waals surface area contributed by atoms with Gasteiger partial charge in [0, 0.05) is 19.6 Å². The van der Waals surface area contributed by atoms with Crippen LogP contribution in [0.4, 0.5) is 0 Å². The molecule has 1 aromatic rings. The van der Waals surface area contributed by atoms with Gasteiger partial charge in [0.05, 0.1) is 5.92 Å². The molecule has 1 unspecified atom stereocenters. The van der Waals surface area contributed by atoms with Crippen molar-refractivity contribution < 1.29 is 9.53 Å². The van der Waals surface area contributed by atoms with Gasteiger partial charge >= 0.3 is 0 Å². The van der Waals surface area contributed by atoms with Crippen LogP contribution in [0.1, 0.15) is 18.4 Å². The molecule has 1 heterocycles. The summed E-state index contributed by atoms with van der Waals surface area (Å²) in [6.45, 7) is 3.75. The number of amides is 1. The summed E-state index contributed by atoms with van der Waals surface area (Å²) in [4.78, 5) is 13.5. The van der Waals surface area contributed by atoms with Gasteiger partial charge in [-0.3, -0.25) is 9.69 Å². The lowest BCUT2D eigenvalue weighted by molar-refractivity contribution is -0.123. The minimum absolute atomic E-state index is 0.00686. The van der Waals surface area contributed by atoms with E-state index in [0.29, 0.717) is 13.2 Å². The molecule has 1 atom stereocenters. The number of likely N-dealkylation sites (tertiary alicyclic amines) is 1. The third kappa shape index (κ3) is 4.21. The molecule has 1 aliphatic heterocycles. The van der Waals surface area contributed by atoms with Gasteiger partial charge in [0.25, 0.3) is 0 Å². The maximum Gasteiger partial charge on any atom is 0.221 e. The first kappa shape index (κ1) is 14.8. The highest BCUT2D eigenvalue weighted by Crippen LogP contribution is 2.16. The van der Waals surface area contributed by atoms with Crippen LogP contribution >= 0.6 is 0 Å². The Balaban J connectivity index is 1.73. The summed E-state index contributed by atoms with van der Waals surface area (Å²) >= 11 is 0. The standard InChI is InChI=1S/C15H23N3O2/c16-10-12-3-5-14(6-4-12)20-9-8-18-7-1-2-13(11-18)15(17)19/h3-6,13H,1-2,7-11,16H2,(H2,17,19). The normalized spacial score (nSPS) is 19.8. The Bertz CT molecular complexity index is 433. The van der Waals surface area contributed by atoms with E-state index in [-0.39, 0.29) is 11.8 Å². The molecule has 0 aromatic heterocycles. The van der Waals surface area contributed by atoms with Gasteiger partial charge in [-0.1, -0.05) is 12.1 Å². The molecule has 0 aliphatic carbocycles. The van der Waals surface area contributed by atoms with Gasteiger partial charge in [-0.2, -0.15) is 0 Å². The number of benzene rings is 1. The molecule has 20 heavy (non-hydrogen) atoms. The molecule has 4 N–H and O–H groups in total. The third-order valence-corrected chi connectivity index (χ3v) is 3.74. The fourth-order valence-corrected chi connectivity index (χ4v) is 2.51. The predicted molar refractivity (Wildman–Crippen MR) is 78.2 cm³/mol. The molecule has 1 saturated heterocycles. The van der Waals surface area contributed by atoms with Crippen molar-refractivity contribution in [2.24, 2.45) is 17.4 Å². The lowest BCUT2D eigenvalue weighted by Gasteiger charge is -2.30. The summed E-state index contributed by atoms with van der Waals surface area (Å²) in [6.07, 6.45) is 1.94. The number of nitrogens with two attached hydrogens (primary N) is 2. The third-order valence-electron chi connectivity index (χ3n) is 3.74. The monoisotopic (exact) mass is 277 g/mol. The van der Waals surface area contributed by atoms with Crippen molar-refractivity contribution in [1.29, 1.82) is 0 Å². The maximum atomic E-state index is 11.2. The van der Waals surface area contributed by atoms with Crippen LogP contribution in [0.5, 0.6) is 5.75 Å². The minimum atomic E-state index is -0.187. The van der Waals surface area contributed by atoms with E-state index in [1.54, 1.807) is 0 Å². The van der Waals surface area contributed by atoms with Crippen molar-refractivity contribution in [3.8, 4) is 5.75 Å². The number of primary amides is 1. The molecule has 5 heteroatoms. The number of hydrogen-bond acceptors (Lipinski definition) is 4. The molecule has 5 nitrogen and oxygen atoms in total. The van der Waals surface area contributed by atoms with Crippen molar-refractivity contribution in [3.05, 3.63) is 29.8 Å². The molecule has 0 radical (unpaired) electrons. The first-order valence-corrected chi connectivity index (χ1v) is 7.12. The Kier molecular flexibility index (Phi) is 5.38. The minimum Gasteiger partial charge on any atom is -0.492 e. The lowest BCUT2D eigenvalue weighted by Crippen LogP contribution is -2.42. The highest BCUT2D eigenvalue weighted by molar-refractivity contribution is 5.76. The Labute approximate surface area is 119 Å². The summed E-state index contributed by atoms with van der Waals surface area (Å²) in [7, 11) is 0. The van der Waals surface area contributed by atoms with E-state index in [2.05, 4.69) is 4.90 Å². The van der Waals surface area contributed by atoms with E-state index in [9.17, 15) is 4.79 Å². The van der Waals surface area contributed by atoms with Crippen LogP contribution in [0, 0.1) is 5.92 Å². The van der Waals surface area contributed by atoms with Crippen LogP contribution in [0.15, 0.2) is 24.3 Å². The fraction of sp³-hybridized carbons (Fsp3) is 0.533. The molecule has 0 bridgehead atoms. The van der Waals surface area contributed by atoms with Gasteiger partial charge in [-0.05, 0) is 37.1 Å². The number of ether oxygens (including phenoxy) is 1. The molecule has 2 rings (SSSR count). The lowest BCUT2D eigenvalue weighted by atomic mass is 9.98.